The van der Waals surface area contributed by atoms with Crippen LogP contribution in [-0.2, 0) is 0 Å². The Morgan fingerprint density at radius 3 is 1.07 bits per heavy atom. The monoisotopic (exact) mass is 196 g/mol. The van der Waals surface area contributed by atoms with Gasteiger partial charge >= 0.3 is 0 Å². The topological polar surface area (TPSA) is 0 Å². The van der Waals surface area contributed by atoms with E-state index >= 15 is 0 Å². The molecule has 84 valence electrons. The predicted molar refractivity (Wildman–Crippen MR) is 64.2 cm³/mol. The van der Waals surface area contributed by atoms with Crippen LogP contribution in [0.2, 0.25) is 0 Å². The molecule has 1 rings (SSSR count). The fourth-order valence-corrected chi connectivity index (χ4v) is 3.40. The zero-order valence-electron chi connectivity index (χ0n) is 11.3. The SMILES string of the molecule is CC(C)C1C(C(C)(C)C)C1C(C)(C)C. The van der Waals surface area contributed by atoms with Crippen molar-refractivity contribution in [1.29, 1.82) is 0 Å². The highest BCUT2D eigenvalue weighted by atomic mass is 14.6. The van der Waals surface area contributed by atoms with Gasteiger partial charge in [0.15, 0.2) is 0 Å². The van der Waals surface area contributed by atoms with Gasteiger partial charge in [0.25, 0.3) is 0 Å². The summed E-state index contributed by atoms with van der Waals surface area (Å²) in [6, 6.07) is 0. The van der Waals surface area contributed by atoms with E-state index < -0.39 is 0 Å². The summed E-state index contributed by atoms with van der Waals surface area (Å²) in [4.78, 5) is 0. The van der Waals surface area contributed by atoms with Crippen molar-refractivity contribution in [3.8, 4) is 0 Å². The van der Waals surface area contributed by atoms with Crippen molar-refractivity contribution >= 4 is 0 Å². The van der Waals surface area contributed by atoms with Crippen LogP contribution in [0.3, 0.4) is 0 Å². The van der Waals surface area contributed by atoms with E-state index in [1.807, 2.05) is 0 Å². The third-order valence-corrected chi connectivity index (χ3v) is 3.85. The molecular weight excluding hydrogens is 168 g/mol. The first-order valence-electron chi connectivity index (χ1n) is 6.07. The van der Waals surface area contributed by atoms with E-state index in [-0.39, 0.29) is 0 Å². The Morgan fingerprint density at radius 2 is 1.00 bits per heavy atom. The van der Waals surface area contributed by atoms with Gasteiger partial charge < -0.3 is 0 Å². The van der Waals surface area contributed by atoms with Gasteiger partial charge in [-0.2, -0.15) is 0 Å². The molecule has 0 heterocycles. The molecule has 2 atom stereocenters. The zero-order chi connectivity index (χ0) is 11.3. The Labute approximate surface area is 90.5 Å². The maximum atomic E-state index is 2.40. The molecule has 0 amide bonds. The molecule has 1 aliphatic carbocycles. The highest BCUT2D eigenvalue weighted by molar-refractivity contribution is 5.08. The summed E-state index contributed by atoms with van der Waals surface area (Å²) in [5, 5.41) is 0. The molecule has 0 aromatic rings. The molecule has 0 radical (unpaired) electrons. The number of hydrogen-bond donors (Lipinski definition) is 0. The fourth-order valence-electron chi connectivity index (χ4n) is 3.40. The normalized spacial score (nSPS) is 33.6. The van der Waals surface area contributed by atoms with Crippen LogP contribution >= 0.6 is 0 Å². The summed E-state index contributed by atoms with van der Waals surface area (Å²) >= 11 is 0. The average Bonchev–Trinajstić information content (AvgIpc) is 2.54. The molecule has 1 saturated carbocycles. The summed E-state index contributed by atoms with van der Waals surface area (Å²) in [5.74, 6) is 3.67. The van der Waals surface area contributed by atoms with Crippen LogP contribution in [0.1, 0.15) is 55.4 Å². The van der Waals surface area contributed by atoms with E-state index in [0.717, 1.165) is 23.7 Å². The van der Waals surface area contributed by atoms with Crippen LogP contribution in [0.5, 0.6) is 0 Å². The Balaban J connectivity index is 2.80. The van der Waals surface area contributed by atoms with Gasteiger partial charge in [-0.05, 0) is 34.5 Å². The van der Waals surface area contributed by atoms with Crippen LogP contribution in [0.25, 0.3) is 0 Å². The van der Waals surface area contributed by atoms with Gasteiger partial charge in [0.1, 0.15) is 0 Å². The fraction of sp³-hybridized carbons (Fsp3) is 1.00. The number of hydrogen-bond acceptors (Lipinski definition) is 0. The van der Waals surface area contributed by atoms with E-state index in [4.69, 9.17) is 0 Å². The quantitative estimate of drug-likeness (QED) is 0.575. The van der Waals surface area contributed by atoms with Gasteiger partial charge in [-0.1, -0.05) is 55.4 Å². The summed E-state index contributed by atoms with van der Waals surface area (Å²) in [7, 11) is 0. The van der Waals surface area contributed by atoms with Crippen molar-refractivity contribution in [1.82, 2.24) is 0 Å². The molecule has 0 spiro atoms. The van der Waals surface area contributed by atoms with Crippen molar-refractivity contribution in [2.24, 2.45) is 34.5 Å². The van der Waals surface area contributed by atoms with Crippen LogP contribution in [0, 0.1) is 34.5 Å². The van der Waals surface area contributed by atoms with Gasteiger partial charge in [-0.15, -0.1) is 0 Å². The van der Waals surface area contributed by atoms with Crippen molar-refractivity contribution in [3.63, 3.8) is 0 Å². The molecule has 0 aliphatic heterocycles. The maximum absolute atomic E-state index is 2.40. The molecule has 0 N–H and O–H groups in total. The number of rotatable bonds is 1. The van der Waals surface area contributed by atoms with Gasteiger partial charge in [0.05, 0.1) is 0 Å². The van der Waals surface area contributed by atoms with Crippen molar-refractivity contribution in [3.05, 3.63) is 0 Å². The lowest BCUT2D eigenvalue weighted by molar-refractivity contribution is 0.254. The van der Waals surface area contributed by atoms with Gasteiger partial charge in [0.2, 0.25) is 0 Å². The smallest absolute Gasteiger partial charge is 0.0295 e. The Kier molecular flexibility index (Phi) is 2.80. The van der Waals surface area contributed by atoms with E-state index in [2.05, 4.69) is 55.4 Å². The average molecular weight is 196 g/mol. The lowest BCUT2D eigenvalue weighted by Gasteiger charge is -2.24. The van der Waals surface area contributed by atoms with Crippen molar-refractivity contribution < 1.29 is 0 Å². The zero-order valence-corrected chi connectivity index (χ0v) is 11.3. The third-order valence-electron chi connectivity index (χ3n) is 3.85. The molecule has 0 aromatic carbocycles. The highest BCUT2D eigenvalue weighted by Crippen LogP contribution is 2.65. The van der Waals surface area contributed by atoms with Crippen molar-refractivity contribution in [2.75, 3.05) is 0 Å². The first kappa shape index (κ1) is 12.1. The maximum Gasteiger partial charge on any atom is -0.0295 e. The minimum absolute atomic E-state index is 0.493. The molecule has 0 bridgehead atoms. The second-order valence-electron chi connectivity index (χ2n) is 7.60. The molecule has 1 aliphatic rings. The van der Waals surface area contributed by atoms with E-state index in [1.54, 1.807) is 0 Å². The lowest BCUT2D eigenvalue weighted by atomic mass is 9.81. The Hall–Kier alpha value is 0. The lowest BCUT2D eigenvalue weighted by Crippen LogP contribution is -2.16. The van der Waals surface area contributed by atoms with Gasteiger partial charge in [-0.3, -0.25) is 0 Å². The van der Waals surface area contributed by atoms with Gasteiger partial charge in [-0.25, -0.2) is 0 Å². The Morgan fingerprint density at radius 1 is 0.714 bits per heavy atom. The highest BCUT2D eigenvalue weighted by Gasteiger charge is 2.60. The molecule has 0 saturated heterocycles. The standard InChI is InChI=1S/C14H28/c1-9(2)10-11(13(3,4)5)12(10)14(6,7)8/h9-12H,1-8H3. The van der Waals surface area contributed by atoms with E-state index in [1.165, 1.54) is 0 Å². The third kappa shape index (κ3) is 2.15. The van der Waals surface area contributed by atoms with Crippen LogP contribution in [0.4, 0.5) is 0 Å². The van der Waals surface area contributed by atoms with Crippen LogP contribution in [-0.4, -0.2) is 0 Å². The summed E-state index contributed by atoms with van der Waals surface area (Å²) in [5.41, 5.74) is 0.986. The minimum atomic E-state index is 0.493. The van der Waals surface area contributed by atoms with Crippen molar-refractivity contribution in [2.45, 2.75) is 55.4 Å². The first-order chi connectivity index (χ1) is 6.07. The first-order valence-corrected chi connectivity index (χ1v) is 6.07. The van der Waals surface area contributed by atoms with E-state index in [0.29, 0.717) is 10.8 Å². The Bertz CT molecular complexity index is 179. The van der Waals surface area contributed by atoms with Crippen LogP contribution < -0.4 is 0 Å². The second kappa shape index (κ2) is 3.25. The molecule has 0 aromatic heterocycles. The molecular formula is C14H28. The molecule has 1 fully saturated rings. The summed E-state index contributed by atoms with van der Waals surface area (Å²) < 4.78 is 0. The molecule has 14 heavy (non-hydrogen) atoms. The van der Waals surface area contributed by atoms with E-state index in [9.17, 15) is 0 Å². The second-order valence-corrected chi connectivity index (χ2v) is 7.60. The molecule has 0 heteroatoms. The van der Waals surface area contributed by atoms with Crippen LogP contribution in [0.15, 0.2) is 0 Å². The molecule has 0 nitrogen and oxygen atoms in total. The molecule has 2 unspecified atom stereocenters. The predicted octanol–water partition coefficient (Wildman–Crippen LogP) is 4.60. The minimum Gasteiger partial charge on any atom is -0.0625 e. The summed E-state index contributed by atoms with van der Waals surface area (Å²) in [6.07, 6.45) is 0. The largest absolute Gasteiger partial charge is 0.0625 e. The summed E-state index contributed by atoms with van der Waals surface area (Å²) in [6.45, 7) is 19.2. The van der Waals surface area contributed by atoms with Gasteiger partial charge in [0, 0.05) is 0 Å².